The van der Waals surface area contributed by atoms with E-state index in [1.54, 1.807) is 0 Å². The van der Waals surface area contributed by atoms with Crippen molar-refractivity contribution in [2.45, 2.75) is 112 Å². The summed E-state index contributed by atoms with van der Waals surface area (Å²) in [7, 11) is 4.46. The summed E-state index contributed by atoms with van der Waals surface area (Å²) < 4.78 is 11.3. The number of ether oxygens (including phenoxy) is 2. The number of rotatable bonds is 5. The first-order valence-corrected chi connectivity index (χ1v) is 11.9. The molecule has 2 nitrogen and oxygen atoms in total. The summed E-state index contributed by atoms with van der Waals surface area (Å²) in [5.41, 5.74) is 0. The van der Waals surface area contributed by atoms with Gasteiger partial charge in [-0.3, -0.25) is 0 Å². The molecule has 0 N–H and O–H groups in total. The molecule has 0 saturated heterocycles. The van der Waals surface area contributed by atoms with Crippen molar-refractivity contribution < 1.29 is 9.47 Å². The van der Waals surface area contributed by atoms with E-state index in [1.165, 1.54) is 77.0 Å². The number of hydrogen-bond donors (Lipinski definition) is 0. The molecule has 0 radical (unpaired) electrons. The summed E-state index contributed by atoms with van der Waals surface area (Å²) in [4.78, 5) is 0. The Morgan fingerprint density at radius 2 is 0.875 bits per heavy atom. The third-order valence-electron chi connectivity index (χ3n) is 7.03. The zero-order valence-electron chi connectivity index (χ0n) is 16.2. The second-order valence-corrected chi connectivity index (χ2v) is 11.4. The second kappa shape index (κ2) is 9.28. The van der Waals surface area contributed by atoms with E-state index in [4.69, 9.17) is 9.47 Å². The van der Waals surface area contributed by atoms with Crippen LogP contribution in [-0.2, 0) is 20.4 Å². The lowest BCUT2D eigenvalue weighted by Crippen LogP contribution is -2.46. The molecule has 0 aromatic rings. The van der Waals surface area contributed by atoms with Crippen LogP contribution in [0.4, 0.5) is 0 Å². The van der Waals surface area contributed by atoms with Crippen molar-refractivity contribution in [1.29, 1.82) is 0 Å². The monoisotopic (exact) mass is 355 g/mol. The van der Waals surface area contributed by atoms with Crippen molar-refractivity contribution in [2.75, 3.05) is 14.2 Å². The maximum Gasteiger partial charge on any atom is 0.119 e. The second-order valence-electron chi connectivity index (χ2n) is 8.56. The van der Waals surface area contributed by atoms with Gasteiger partial charge < -0.3 is 9.47 Å². The highest BCUT2D eigenvalue weighted by Crippen LogP contribution is 2.42. The summed E-state index contributed by atoms with van der Waals surface area (Å²) >= 11 is 0. The molecule has 0 spiro atoms. The third kappa shape index (κ3) is 4.71. The maximum atomic E-state index is 5.64. The highest BCUT2D eigenvalue weighted by Gasteiger charge is 2.47. The van der Waals surface area contributed by atoms with E-state index in [0.29, 0.717) is 23.1 Å². The van der Waals surface area contributed by atoms with Gasteiger partial charge in [0.05, 0.1) is 12.2 Å². The Labute approximate surface area is 152 Å². The molecule has 3 aliphatic rings. The molecule has 0 aromatic carbocycles. The van der Waals surface area contributed by atoms with Gasteiger partial charge in [0.25, 0.3) is 0 Å². The van der Waals surface area contributed by atoms with Crippen LogP contribution in [0.5, 0.6) is 0 Å². The SMILES string of the molecule is COC1CCC([S+](C2CCC(C)CC2)C2CCC(OC)CC2)CC1. The van der Waals surface area contributed by atoms with Crippen LogP contribution in [0, 0.1) is 5.92 Å². The van der Waals surface area contributed by atoms with Gasteiger partial charge in [-0.25, -0.2) is 0 Å². The summed E-state index contributed by atoms with van der Waals surface area (Å²) in [5.74, 6) is 0.972. The van der Waals surface area contributed by atoms with Crippen molar-refractivity contribution >= 4 is 10.9 Å². The maximum absolute atomic E-state index is 5.64. The molecule has 0 atom stereocenters. The van der Waals surface area contributed by atoms with Gasteiger partial charge in [0.1, 0.15) is 15.7 Å². The minimum atomic E-state index is 0.544. The molecule has 140 valence electrons. The lowest BCUT2D eigenvalue weighted by Gasteiger charge is -2.39. The van der Waals surface area contributed by atoms with Crippen molar-refractivity contribution in [3.05, 3.63) is 0 Å². The van der Waals surface area contributed by atoms with Gasteiger partial charge in [0.15, 0.2) is 0 Å². The van der Waals surface area contributed by atoms with Gasteiger partial charge >= 0.3 is 0 Å². The average Bonchev–Trinajstić information content (AvgIpc) is 2.64. The molecule has 3 fully saturated rings. The van der Waals surface area contributed by atoms with Crippen LogP contribution in [0.3, 0.4) is 0 Å². The molecule has 3 rings (SSSR count). The van der Waals surface area contributed by atoms with E-state index in [9.17, 15) is 0 Å². The summed E-state index contributed by atoms with van der Waals surface area (Å²) in [6, 6.07) is 0. The Morgan fingerprint density at radius 1 is 0.542 bits per heavy atom. The first-order valence-electron chi connectivity index (χ1n) is 10.5. The zero-order valence-corrected chi connectivity index (χ0v) is 17.0. The van der Waals surface area contributed by atoms with Crippen molar-refractivity contribution in [1.82, 2.24) is 0 Å². The van der Waals surface area contributed by atoms with Gasteiger partial charge in [0.2, 0.25) is 0 Å². The van der Waals surface area contributed by atoms with Crippen LogP contribution in [0.15, 0.2) is 0 Å². The Kier molecular flexibility index (Phi) is 7.36. The Hall–Kier alpha value is 0.270. The fourth-order valence-corrected chi connectivity index (χ4v) is 9.48. The molecule has 3 heteroatoms. The highest BCUT2D eigenvalue weighted by molar-refractivity contribution is 7.98. The van der Waals surface area contributed by atoms with Gasteiger partial charge in [-0.2, -0.15) is 0 Å². The van der Waals surface area contributed by atoms with E-state index in [0.717, 1.165) is 21.7 Å². The predicted octanol–water partition coefficient (Wildman–Crippen LogP) is 5.10. The quantitative estimate of drug-likeness (QED) is 0.639. The van der Waals surface area contributed by atoms with Gasteiger partial charge in [-0.15, -0.1) is 0 Å². The number of hydrogen-bond acceptors (Lipinski definition) is 2. The first kappa shape index (κ1) is 19.0. The fraction of sp³-hybridized carbons (Fsp3) is 1.00. The summed E-state index contributed by atoms with van der Waals surface area (Å²) in [5, 5.41) is 3.03. The summed E-state index contributed by atoms with van der Waals surface area (Å²) in [6.07, 6.45) is 18.0. The average molecular weight is 356 g/mol. The topological polar surface area (TPSA) is 18.5 Å². The predicted molar refractivity (Wildman–Crippen MR) is 105 cm³/mol. The largest absolute Gasteiger partial charge is 0.381 e. The molecule has 3 saturated carbocycles. The Morgan fingerprint density at radius 3 is 1.21 bits per heavy atom. The highest BCUT2D eigenvalue weighted by atomic mass is 32.2. The molecule has 0 aliphatic heterocycles. The van der Waals surface area contributed by atoms with Crippen LogP contribution in [0.1, 0.15) is 84.0 Å². The van der Waals surface area contributed by atoms with Crippen molar-refractivity contribution in [3.63, 3.8) is 0 Å². The van der Waals surface area contributed by atoms with Gasteiger partial charge in [-0.1, -0.05) is 6.92 Å². The summed E-state index contributed by atoms with van der Waals surface area (Å²) in [6.45, 7) is 2.46. The third-order valence-corrected chi connectivity index (χ3v) is 10.8. The molecule has 24 heavy (non-hydrogen) atoms. The molecule has 0 aromatic heterocycles. The smallest absolute Gasteiger partial charge is 0.119 e. The van der Waals surface area contributed by atoms with Gasteiger partial charge in [-0.05, 0) is 93.9 Å². The first-order chi connectivity index (χ1) is 11.7. The molecular weight excluding hydrogens is 316 g/mol. The minimum Gasteiger partial charge on any atom is -0.381 e. The molecular formula is C21H39O2S+. The molecule has 0 heterocycles. The molecule has 0 bridgehead atoms. The van der Waals surface area contributed by atoms with E-state index in [2.05, 4.69) is 6.92 Å². The van der Waals surface area contributed by atoms with E-state index in [-0.39, 0.29) is 0 Å². The van der Waals surface area contributed by atoms with Crippen LogP contribution in [0.2, 0.25) is 0 Å². The lowest BCUT2D eigenvalue weighted by atomic mass is 9.90. The Balaban J connectivity index is 1.65. The van der Waals surface area contributed by atoms with Crippen LogP contribution < -0.4 is 0 Å². The molecule has 3 aliphatic carbocycles. The van der Waals surface area contributed by atoms with Crippen LogP contribution in [-0.4, -0.2) is 42.2 Å². The van der Waals surface area contributed by atoms with E-state index < -0.39 is 0 Å². The van der Waals surface area contributed by atoms with E-state index in [1.807, 2.05) is 14.2 Å². The fourth-order valence-electron chi connectivity index (χ4n) is 5.40. The van der Waals surface area contributed by atoms with Crippen LogP contribution >= 0.6 is 0 Å². The molecule has 0 unspecified atom stereocenters. The van der Waals surface area contributed by atoms with Crippen LogP contribution in [0.25, 0.3) is 0 Å². The minimum absolute atomic E-state index is 0.544. The van der Waals surface area contributed by atoms with Crippen molar-refractivity contribution in [3.8, 4) is 0 Å². The van der Waals surface area contributed by atoms with E-state index >= 15 is 0 Å². The standard InChI is InChI=1S/C21H39O2S/c1-16-4-10-19(11-5-16)24(20-12-6-17(22-2)7-13-20)21-14-8-18(23-3)9-15-21/h16-21H,4-15H2,1-3H3/q+1. The zero-order chi connectivity index (χ0) is 16.9. The molecule has 0 amide bonds. The normalized spacial score (nSPS) is 42.6. The lowest BCUT2D eigenvalue weighted by molar-refractivity contribution is 0.0697. The number of methoxy groups -OCH3 is 2. The van der Waals surface area contributed by atoms with Crippen molar-refractivity contribution in [2.24, 2.45) is 5.92 Å². The Bertz CT molecular complexity index is 327. The van der Waals surface area contributed by atoms with Gasteiger partial charge in [0, 0.05) is 14.2 Å².